The van der Waals surface area contributed by atoms with E-state index in [1.165, 1.54) is 0 Å². The number of benzene rings is 1. The molecule has 1 aliphatic heterocycles. The summed E-state index contributed by atoms with van der Waals surface area (Å²) >= 11 is 6.43. The number of hydrogen-bond acceptors (Lipinski definition) is 2. The molecule has 108 valence electrons. The highest BCUT2D eigenvalue weighted by molar-refractivity contribution is 6.36. The van der Waals surface area contributed by atoms with Crippen LogP contribution in [0.15, 0.2) is 24.3 Å². The van der Waals surface area contributed by atoms with Gasteiger partial charge in [-0.15, -0.1) is 0 Å². The lowest BCUT2D eigenvalue weighted by Gasteiger charge is -2.35. The zero-order valence-corrected chi connectivity index (χ0v) is 12.8. The van der Waals surface area contributed by atoms with Gasteiger partial charge in [-0.3, -0.25) is 0 Å². The number of ether oxygens (including phenoxy) is 1. The number of aromatic nitrogens is 1. The number of fused-ring (bicyclic) bond motifs is 1. The number of nitrogens with one attached hydrogen (secondary N) is 2. The Morgan fingerprint density at radius 1 is 1.40 bits per heavy atom. The molecule has 1 aromatic heterocycles. The van der Waals surface area contributed by atoms with Crippen molar-refractivity contribution in [3.8, 4) is 0 Å². The summed E-state index contributed by atoms with van der Waals surface area (Å²) in [5.41, 5.74) is 2.14. The third-order valence-electron chi connectivity index (χ3n) is 3.98. The van der Waals surface area contributed by atoms with Crippen molar-refractivity contribution in [2.45, 2.75) is 44.9 Å². The molecule has 2 N–H and O–H groups in total. The highest BCUT2D eigenvalue weighted by atomic mass is 35.5. The molecule has 3 nitrogen and oxygen atoms in total. The quantitative estimate of drug-likeness (QED) is 0.901. The van der Waals surface area contributed by atoms with Crippen LogP contribution in [-0.4, -0.2) is 23.2 Å². The van der Waals surface area contributed by atoms with E-state index in [1.807, 2.05) is 12.1 Å². The molecule has 1 fully saturated rings. The molecule has 0 bridgehead atoms. The van der Waals surface area contributed by atoms with Crippen molar-refractivity contribution >= 4 is 22.5 Å². The van der Waals surface area contributed by atoms with Gasteiger partial charge in [0.25, 0.3) is 0 Å². The van der Waals surface area contributed by atoms with Crippen molar-refractivity contribution in [1.29, 1.82) is 0 Å². The molecular weight excluding hydrogens is 272 g/mol. The molecule has 2 aromatic rings. The monoisotopic (exact) mass is 292 g/mol. The highest BCUT2D eigenvalue weighted by Gasteiger charge is 2.28. The number of aromatic amines is 1. The Morgan fingerprint density at radius 3 is 2.95 bits per heavy atom. The summed E-state index contributed by atoms with van der Waals surface area (Å²) in [7, 11) is 0. The van der Waals surface area contributed by atoms with E-state index in [0.29, 0.717) is 6.04 Å². The fraction of sp³-hybridized carbons (Fsp3) is 0.500. The molecule has 3 rings (SSSR count). The SMILES string of the molecule is CC1(C)CC(NCc2[nH]c3ccccc3c2Cl)CCO1. The lowest BCUT2D eigenvalue weighted by molar-refractivity contribution is -0.0630. The van der Waals surface area contributed by atoms with E-state index in [9.17, 15) is 0 Å². The van der Waals surface area contributed by atoms with Crippen molar-refractivity contribution in [2.24, 2.45) is 0 Å². The molecule has 2 heterocycles. The van der Waals surface area contributed by atoms with Crippen LogP contribution in [0.2, 0.25) is 5.02 Å². The molecule has 0 aliphatic carbocycles. The van der Waals surface area contributed by atoms with Gasteiger partial charge < -0.3 is 15.0 Å². The number of H-pyrrole nitrogens is 1. The fourth-order valence-corrected chi connectivity index (χ4v) is 3.22. The summed E-state index contributed by atoms with van der Waals surface area (Å²) in [6.45, 7) is 5.90. The predicted octanol–water partition coefficient (Wildman–Crippen LogP) is 3.87. The average Bonchev–Trinajstić information content (AvgIpc) is 2.73. The summed E-state index contributed by atoms with van der Waals surface area (Å²) in [5, 5.41) is 5.53. The molecule has 0 amide bonds. The van der Waals surface area contributed by atoms with Gasteiger partial charge in [0.2, 0.25) is 0 Å². The Morgan fingerprint density at radius 2 is 2.20 bits per heavy atom. The molecule has 20 heavy (non-hydrogen) atoms. The number of para-hydroxylation sites is 1. The second-order valence-electron chi connectivity index (χ2n) is 6.14. The third-order valence-corrected chi connectivity index (χ3v) is 4.41. The minimum Gasteiger partial charge on any atom is -0.375 e. The minimum atomic E-state index is -0.0276. The van der Waals surface area contributed by atoms with Crippen molar-refractivity contribution in [3.05, 3.63) is 35.0 Å². The third kappa shape index (κ3) is 2.85. The van der Waals surface area contributed by atoms with Crippen LogP contribution < -0.4 is 5.32 Å². The van der Waals surface area contributed by atoms with Gasteiger partial charge in [0.1, 0.15) is 0 Å². The van der Waals surface area contributed by atoms with E-state index in [1.54, 1.807) is 0 Å². The zero-order chi connectivity index (χ0) is 14.2. The van der Waals surface area contributed by atoms with Gasteiger partial charge >= 0.3 is 0 Å². The number of hydrogen-bond donors (Lipinski definition) is 2. The van der Waals surface area contributed by atoms with Gasteiger partial charge in [0, 0.05) is 35.8 Å². The first-order valence-electron chi connectivity index (χ1n) is 7.17. The van der Waals surface area contributed by atoms with Crippen LogP contribution in [0.5, 0.6) is 0 Å². The minimum absolute atomic E-state index is 0.0276. The van der Waals surface area contributed by atoms with Crippen molar-refractivity contribution in [3.63, 3.8) is 0 Å². The second kappa shape index (κ2) is 5.40. The van der Waals surface area contributed by atoms with Crippen molar-refractivity contribution in [2.75, 3.05) is 6.61 Å². The first-order chi connectivity index (χ1) is 9.55. The van der Waals surface area contributed by atoms with E-state index < -0.39 is 0 Å². The number of halogens is 1. The molecule has 0 saturated carbocycles. The first-order valence-corrected chi connectivity index (χ1v) is 7.55. The molecule has 0 spiro atoms. The van der Waals surface area contributed by atoms with E-state index in [4.69, 9.17) is 16.3 Å². The van der Waals surface area contributed by atoms with E-state index in [2.05, 4.69) is 36.3 Å². The van der Waals surface area contributed by atoms with Crippen LogP contribution in [0.25, 0.3) is 10.9 Å². The molecule has 1 aromatic carbocycles. The van der Waals surface area contributed by atoms with Crippen LogP contribution >= 0.6 is 11.6 Å². The van der Waals surface area contributed by atoms with E-state index >= 15 is 0 Å². The maximum Gasteiger partial charge on any atom is 0.0705 e. The Kier molecular flexibility index (Phi) is 3.76. The summed E-state index contributed by atoms with van der Waals surface area (Å²) in [6.07, 6.45) is 2.09. The average molecular weight is 293 g/mol. The van der Waals surface area contributed by atoms with Crippen LogP contribution in [-0.2, 0) is 11.3 Å². The van der Waals surface area contributed by atoms with Gasteiger partial charge in [0.15, 0.2) is 0 Å². The maximum atomic E-state index is 6.43. The summed E-state index contributed by atoms with van der Waals surface area (Å²) in [5.74, 6) is 0. The van der Waals surface area contributed by atoms with Gasteiger partial charge in [-0.2, -0.15) is 0 Å². The van der Waals surface area contributed by atoms with Crippen LogP contribution in [0.1, 0.15) is 32.4 Å². The predicted molar refractivity (Wildman–Crippen MR) is 83.2 cm³/mol. The second-order valence-corrected chi connectivity index (χ2v) is 6.52. The molecule has 1 saturated heterocycles. The van der Waals surface area contributed by atoms with Crippen LogP contribution in [0, 0.1) is 0 Å². The Bertz CT molecular complexity index is 606. The maximum absolute atomic E-state index is 6.43. The van der Waals surface area contributed by atoms with Crippen molar-refractivity contribution in [1.82, 2.24) is 10.3 Å². The van der Waals surface area contributed by atoms with Crippen molar-refractivity contribution < 1.29 is 4.74 Å². The molecule has 0 radical (unpaired) electrons. The van der Waals surface area contributed by atoms with Gasteiger partial charge in [-0.1, -0.05) is 29.8 Å². The molecule has 1 atom stereocenters. The van der Waals surface area contributed by atoms with E-state index in [0.717, 1.165) is 47.6 Å². The largest absolute Gasteiger partial charge is 0.375 e. The smallest absolute Gasteiger partial charge is 0.0705 e. The summed E-state index contributed by atoms with van der Waals surface area (Å²) < 4.78 is 5.75. The summed E-state index contributed by atoms with van der Waals surface area (Å²) in [6, 6.07) is 8.63. The lowest BCUT2D eigenvalue weighted by atomic mass is 9.94. The fourth-order valence-electron chi connectivity index (χ4n) is 2.94. The van der Waals surface area contributed by atoms with Crippen LogP contribution in [0.4, 0.5) is 0 Å². The molecular formula is C16H21ClN2O. The normalized spacial score (nSPS) is 22.2. The summed E-state index contributed by atoms with van der Waals surface area (Å²) in [4.78, 5) is 3.40. The van der Waals surface area contributed by atoms with Crippen LogP contribution in [0.3, 0.4) is 0 Å². The van der Waals surface area contributed by atoms with Gasteiger partial charge in [-0.05, 0) is 32.8 Å². The molecule has 1 unspecified atom stereocenters. The standard InChI is InChI=1S/C16H21ClN2O/c1-16(2)9-11(7-8-20-16)18-10-14-15(17)12-5-3-4-6-13(12)19-14/h3-6,11,18-19H,7-10H2,1-2H3. The lowest BCUT2D eigenvalue weighted by Crippen LogP contribution is -2.43. The first kappa shape index (κ1) is 13.9. The topological polar surface area (TPSA) is 37.0 Å². The molecule has 1 aliphatic rings. The number of rotatable bonds is 3. The Balaban J connectivity index is 1.69. The Labute approximate surface area is 124 Å². The zero-order valence-electron chi connectivity index (χ0n) is 12.0. The highest BCUT2D eigenvalue weighted by Crippen LogP contribution is 2.28. The van der Waals surface area contributed by atoms with Gasteiger partial charge in [-0.25, -0.2) is 0 Å². The Hall–Kier alpha value is -1.03. The van der Waals surface area contributed by atoms with E-state index in [-0.39, 0.29) is 5.60 Å². The molecule has 4 heteroatoms. The van der Waals surface area contributed by atoms with Gasteiger partial charge in [0.05, 0.1) is 10.6 Å².